The second kappa shape index (κ2) is 7.49. The third-order valence-corrected chi connectivity index (χ3v) is 3.35. The molecule has 0 unspecified atom stereocenters. The summed E-state index contributed by atoms with van der Waals surface area (Å²) < 4.78 is 0. The van der Waals surface area contributed by atoms with Crippen LogP contribution < -0.4 is 5.32 Å². The lowest BCUT2D eigenvalue weighted by Crippen LogP contribution is -2.38. The number of likely N-dealkylation sites (tertiary alicyclic amines) is 1. The molecule has 1 aliphatic rings. The predicted molar refractivity (Wildman–Crippen MR) is 71.8 cm³/mol. The molecule has 1 aliphatic heterocycles. The summed E-state index contributed by atoms with van der Waals surface area (Å²) in [6.07, 6.45) is 6.02. The van der Waals surface area contributed by atoms with Crippen molar-refractivity contribution >= 4 is 5.91 Å². The van der Waals surface area contributed by atoms with E-state index in [0.717, 1.165) is 13.1 Å². The number of hydrogen-bond acceptors (Lipinski definition) is 2. The molecule has 0 aromatic carbocycles. The van der Waals surface area contributed by atoms with E-state index in [1.54, 1.807) is 6.08 Å². The summed E-state index contributed by atoms with van der Waals surface area (Å²) in [7, 11) is 0. The molecule has 98 valence electrons. The van der Waals surface area contributed by atoms with Crippen molar-refractivity contribution in [2.45, 2.75) is 33.6 Å². The SMILES string of the molecule is CCN1CCC(CNC(=O)/C=C/C(C)C)CC1. The number of piperidine rings is 1. The Morgan fingerprint density at radius 2 is 2.06 bits per heavy atom. The highest BCUT2D eigenvalue weighted by Crippen LogP contribution is 2.15. The van der Waals surface area contributed by atoms with Gasteiger partial charge in [-0.2, -0.15) is 0 Å². The highest BCUT2D eigenvalue weighted by molar-refractivity contribution is 5.87. The minimum atomic E-state index is 0.0524. The predicted octanol–water partition coefficient (Wildman–Crippen LogP) is 2.05. The fourth-order valence-electron chi connectivity index (χ4n) is 2.09. The molecule has 1 N–H and O–H groups in total. The fourth-order valence-corrected chi connectivity index (χ4v) is 2.09. The van der Waals surface area contributed by atoms with Gasteiger partial charge >= 0.3 is 0 Å². The molecule has 1 amide bonds. The van der Waals surface area contributed by atoms with Crippen LogP contribution in [0.4, 0.5) is 0 Å². The molecule has 3 heteroatoms. The Bertz CT molecular complexity index is 253. The number of amides is 1. The molecule has 0 spiro atoms. The minimum absolute atomic E-state index is 0.0524. The summed E-state index contributed by atoms with van der Waals surface area (Å²) in [4.78, 5) is 14.0. The van der Waals surface area contributed by atoms with Crippen molar-refractivity contribution < 1.29 is 4.79 Å². The Morgan fingerprint density at radius 3 is 2.59 bits per heavy atom. The summed E-state index contributed by atoms with van der Waals surface area (Å²) in [5.74, 6) is 1.15. The number of carbonyl (C=O) groups is 1. The summed E-state index contributed by atoms with van der Waals surface area (Å²) >= 11 is 0. The first-order valence-electron chi connectivity index (χ1n) is 6.80. The van der Waals surface area contributed by atoms with Gasteiger partial charge in [-0.05, 0) is 50.4 Å². The second-order valence-corrected chi connectivity index (χ2v) is 5.23. The average molecular weight is 238 g/mol. The molecular weight excluding hydrogens is 212 g/mol. The lowest BCUT2D eigenvalue weighted by atomic mass is 9.97. The van der Waals surface area contributed by atoms with E-state index in [2.05, 4.69) is 31.0 Å². The summed E-state index contributed by atoms with van der Waals surface area (Å²) in [5.41, 5.74) is 0. The van der Waals surface area contributed by atoms with E-state index in [1.807, 2.05) is 6.08 Å². The molecule has 3 nitrogen and oxygen atoms in total. The maximum atomic E-state index is 11.5. The smallest absolute Gasteiger partial charge is 0.243 e. The van der Waals surface area contributed by atoms with Gasteiger partial charge in [0, 0.05) is 6.54 Å². The molecular formula is C14H26N2O. The van der Waals surface area contributed by atoms with Gasteiger partial charge in [-0.15, -0.1) is 0 Å². The van der Waals surface area contributed by atoms with Crippen LogP contribution in [0.3, 0.4) is 0 Å². The molecule has 1 heterocycles. The largest absolute Gasteiger partial charge is 0.352 e. The summed E-state index contributed by atoms with van der Waals surface area (Å²) in [6, 6.07) is 0. The van der Waals surface area contributed by atoms with Gasteiger partial charge < -0.3 is 10.2 Å². The normalized spacial score (nSPS) is 19.1. The minimum Gasteiger partial charge on any atom is -0.352 e. The van der Waals surface area contributed by atoms with E-state index in [0.29, 0.717) is 11.8 Å². The zero-order chi connectivity index (χ0) is 12.7. The van der Waals surface area contributed by atoms with Crippen molar-refractivity contribution in [1.29, 1.82) is 0 Å². The van der Waals surface area contributed by atoms with E-state index in [9.17, 15) is 4.79 Å². The van der Waals surface area contributed by atoms with Crippen molar-refractivity contribution in [3.63, 3.8) is 0 Å². The standard InChI is InChI=1S/C14H26N2O/c1-4-16-9-7-13(8-10-16)11-15-14(17)6-5-12(2)3/h5-6,12-13H,4,7-11H2,1-3H3,(H,15,17)/b6-5+. The van der Waals surface area contributed by atoms with E-state index < -0.39 is 0 Å². The molecule has 0 aliphatic carbocycles. The van der Waals surface area contributed by atoms with Crippen LogP contribution in [0.5, 0.6) is 0 Å². The van der Waals surface area contributed by atoms with Gasteiger partial charge in [0.15, 0.2) is 0 Å². The maximum Gasteiger partial charge on any atom is 0.243 e. The van der Waals surface area contributed by atoms with Gasteiger partial charge in [-0.25, -0.2) is 0 Å². The lowest BCUT2D eigenvalue weighted by molar-refractivity contribution is -0.116. The molecule has 0 atom stereocenters. The Balaban J connectivity index is 2.17. The highest BCUT2D eigenvalue weighted by Gasteiger charge is 2.17. The number of rotatable bonds is 5. The van der Waals surface area contributed by atoms with Crippen LogP contribution in [0.25, 0.3) is 0 Å². The Labute approximate surface area is 105 Å². The van der Waals surface area contributed by atoms with Crippen molar-refractivity contribution in [2.75, 3.05) is 26.2 Å². The molecule has 17 heavy (non-hydrogen) atoms. The Kier molecular flexibility index (Phi) is 6.27. The van der Waals surface area contributed by atoms with Crippen molar-refractivity contribution in [1.82, 2.24) is 10.2 Å². The third kappa shape index (κ3) is 5.87. The highest BCUT2D eigenvalue weighted by atomic mass is 16.1. The molecule has 0 aromatic heterocycles. The monoisotopic (exact) mass is 238 g/mol. The molecule has 0 radical (unpaired) electrons. The quantitative estimate of drug-likeness (QED) is 0.743. The average Bonchev–Trinajstić information content (AvgIpc) is 2.34. The van der Waals surface area contributed by atoms with E-state index >= 15 is 0 Å². The Hall–Kier alpha value is -0.830. The number of allylic oxidation sites excluding steroid dienone is 1. The van der Waals surface area contributed by atoms with Crippen molar-refractivity contribution in [3.8, 4) is 0 Å². The van der Waals surface area contributed by atoms with Gasteiger partial charge in [0.05, 0.1) is 0 Å². The molecule has 0 bridgehead atoms. The van der Waals surface area contributed by atoms with Gasteiger partial charge in [-0.3, -0.25) is 4.79 Å². The first-order chi connectivity index (χ1) is 8.11. The number of nitrogens with zero attached hydrogens (tertiary/aromatic N) is 1. The third-order valence-electron chi connectivity index (χ3n) is 3.35. The van der Waals surface area contributed by atoms with Crippen LogP contribution in [0.15, 0.2) is 12.2 Å². The van der Waals surface area contributed by atoms with Crippen molar-refractivity contribution in [3.05, 3.63) is 12.2 Å². The van der Waals surface area contributed by atoms with Crippen LogP contribution in [0.2, 0.25) is 0 Å². The van der Waals surface area contributed by atoms with E-state index in [4.69, 9.17) is 0 Å². The van der Waals surface area contributed by atoms with Crippen LogP contribution in [0, 0.1) is 11.8 Å². The number of nitrogens with one attached hydrogen (secondary N) is 1. The van der Waals surface area contributed by atoms with Gasteiger partial charge in [-0.1, -0.05) is 26.8 Å². The molecule has 0 aromatic rings. The van der Waals surface area contributed by atoms with Gasteiger partial charge in [0.2, 0.25) is 5.91 Å². The maximum absolute atomic E-state index is 11.5. The summed E-state index contributed by atoms with van der Waals surface area (Å²) in [5, 5.41) is 3.00. The second-order valence-electron chi connectivity index (χ2n) is 5.23. The van der Waals surface area contributed by atoms with Crippen LogP contribution in [0.1, 0.15) is 33.6 Å². The molecule has 1 rings (SSSR count). The molecule has 1 fully saturated rings. The van der Waals surface area contributed by atoms with Gasteiger partial charge in [0.1, 0.15) is 0 Å². The first kappa shape index (κ1) is 14.2. The summed E-state index contributed by atoms with van der Waals surface area (Å²) in [6.45, 7) is 10.7. The van der Waals surface area contributed by atoms with E-state index in [1.165, 1.54) is 25.9 Å². The fraction of sp³-hybridized carbons (Fsp3) is 0.786. The topological polar surface area (TPSA) is 32.3 Å². The number of hydrogen-bond donors (Lipinski definition) is 1. The van der Waals surface area contributed by atoms with Crippen LogP contribution in [-0.4, -0.2) is 37.0 Å². The first-order valence-corrected chi connectivity index (χ1v) is 6.80. The Morgan fingerprint density at radius 1 is 1.41 bits per heavy atom. The number of carbonyl (C=O) groups excluding carboxylic acids is 1. The van der Waals surface area contributed by atoms with Crippen molar-refractivity contribution in [2.24, 2.45) is 11.8 Å². The van der Waals surface area contributed by atoms with Crippen LogP contribution in [-0.2, 0) is 4.79 Å². The van der Waals surface area contributed by atoms with Gasteiger partial charge in [0.25, 0.3) is 0 Å². The van der Waals surface area contributed by atoms with Crippen LogP contribution >= 0.6 is 0 Å². The molecule has 0 saturated carbocycles. The lowest BCUT2D eigenvalue weighted by Gasteiger charge is -2.30. The molecule has 1 saturated heterocycles. The zero-order valence-electron chi connectivity index (χ0n) is 11.4. The zero-order valence-corrected chi connectivity index (χ0v) is 11.4. The van der Waals surface area contributed by atoms with E-state index in [-0.39, 0.29) is 5.91 Å².